The summed E-state index contributed by atoms with van der Waals surface area (Å²) in [6.07, 6.45) is 2.84. The number of nitrogens with zero attached hydrogens (tertiary/aromatic N) is 1. The number of rotatable bonds is 9. The van der Waals surface area contributed by atoms with Crippen LogP contribution in [0.25, 0.3) is 10.9 Å². The van der Waals surface area contributed by atoms with Crippen molar-refractivity contribution in [3.05, 3.63) is 36.0 Å². The lowest BCUT2D eigenvalue weighted by atomic mass is 10.0. The fraction of sp³-hybridized carbons (Fsp3) is 0.455. The number of amides is 3. The fourth-order valence-corrected chi connectivity index (χ4v) is 3.98. The Morgan fingerprint density at radius 1 is 1.21 bits per heavy atom. The summed E-state index contributed by atoms with van der Waals surface area (Å²) in [4.78, 5) is 54.2. The lowest BCUT2D eigenvalue weighted by Crippen LogP contribution is -2.57. The molecule has 11 heteroatoms. The van der Waals surface area contributed by atoms with Gasteiger partial charge in [0.1, 0.15) is 18.1 Å². The number of nitrogens with one attached hydrogen (secondary N) is 3. The van der Waals surface area contributed by atoms with E-state index in [9.17, 15) is 24.3 Å². The van der Waals surface area contributed by atoms with Crippen LogP contribution in [-0.2, 0) is 25.6 Å². The molecule has 178 valence electrons. The largest absolute Gasteiger partial charge is 0.480 e. The smallest absolute Gasteiger partial charge is 0.328 e. The molecular weight excluding hydrogens is 430 g/mol. The van der Waals surface area contributed by atoms with Crippen LogP contribution in [-0.4, -0.2) is 81.1 Å². The number of fused-ring (bicyclic) bond motifs is 1. The molecule has 3 rings (SSSR count). The number of carbonyl (C=O) groups is 4. The summed E-state index contributed by atoms with van der Waals surface area (Å²) in [6.45, 7) is 1.02. The van der Waals surface area contributed by atoms with Gasteiger partial charge in [-0.25, -0.2) is 4.79 Å². The van der Waals surface area contributed by atoms with Crippen LogP contribution < -0.4 is 16.4 Å². The van der Waals surface area contributed by atoms with Crippen LogP contribution in [0.4, 0.5) is 0 Å². The third-order valence-corrected chi connectivity index (χ3v) is 5.76. The Hall–Kier alpha value is -3.44. The average molecular weight is 460 g/mol. The van der Waals surface area contributed by atoms with Gasteiger partial charge in [0.2, 0.25) is 17.7 Å². The molecule has 0 saturated carbocycles. The van der Waals surface area contributed by atoms with Gasteiger partial charge in [0.15, 0.2) is 0 Å². The molecule has 1 aromatic heterocycles. The number of aliphatic hydroxyl groups excluding tert-OH is 1. The molecule has 7 N–H and O–H groups in total. The number of nitrogens with two attached hydrogens (primary N) is 1. The highest BCUT2D eigenvalue weighted by molar-refractivity contribution is 5.95. The highest BCUT2D eigenvalue weighted by atomic mass is 16.4. The van der Waals surface area contributed by atoms with Crippen molar-refractivity contribution in [1.29, 1.82) is 0 Å². The van der Waals surface area contributed by atoms with Gasteiger partial charge in [0, 0.05) is 30.1 Å². The molecule has 0 radical (unpaired) electrons. The van der Waals surface area contributed by atoms with E-state index in [0.29, 0.717) is 12.8 Å². The van der Waals surface area contributed by atoms with E-state index >= 15 is 0 Å². The molecule has 0 bridgehead atoms. The van der Waals surface area contributed by atoms with Gasteiger partial charge in [-0.1, -0.05) is 18.2 Å². The van der Waals surface area contributed by atoms with Crippen LogP contribution in [0.3, 0.4) is 0 Å². The van der Waals surface area contributed by atoms with E-state index < -0.39 is 54.5 Å². The SMILES string of the molecule is CC(N)C(=O)NC(Cc1c[nH]c2ccccc12)C(=O)N1CCCC1C(=O)NC(CO)C(=O)O. The van der Waals surface area contributed by atoms with Crippen LogP contribution >= 0.6 is 0 Å². The molecule has 1 aliphatic heterocycles. The predicted molar refractivity (Wildman–Crippen MR) is 119 cm³/mol. The molecule has 1 saturated heterocycles. The topological polar surface area (TPSA) is 178 Å². The van der Waals surface area contributed by atoms with E-state index in [1.54, 1.807) is 6.20 Å². The summed E-state index contributed by atoms with van der Waals surface area (Å²) in [5.74, 6) is -2.99. The van der Waals surface area contributed by atoms with Crippen LogP contribution in [0.5, 0.6) is 0 Å². The van der Waals surface area contributed by atoms with E-state index in [0.717, 1.165) is 16.5 Å². The fourth-order valence-electron chi connectivity index (χ4n) is 3.98. The normalized spacial score (nSPS) is 18.5. The van der Waals surface area contributed by atoms with Crippen molar-refractivity contribution in [2.24, 2.45) is 5.73 Å². The average Bonchev–Trinajstić information content (AvgIpc) is 3.43. The second-order valence-corrected chi connectivity index (χ2v) is 8.19. The molecular formula is C22H29N5O6. The number of hydrogen-bond acceptors (Lipinski definition) is 6. The molecule has 1 fully saturated rings. The zero-order chi connectivity index (χ0) is 24.1. The third kappa shape index (κ3) is 5.49. The van der Waals surface area contributed by atoms with Gasteiger partial charge in [-0.3, -0.25) is 14.4 Å². The Morgan fingerprint density at radius 2 is 1.94 bits per heavy atom. The number of aliphatic carboxylic acids is 1. The highest BCUT2D eigenvalue weighted by Crippen LogP contribution is 2.23. The number of para-hydroxylation sites is 1. The van der Waals surface area contributed by atoms with Crippen LogP contribution in [0.1, 0.15) is 25.3 Å². The Labute approximate surface area is 190 Å². The summed E-state index contributed by atoms with van der Waals surface area (Å²) in [7, 11) is 0. The first-order chi connectivity index (χ1) is 15.7. The Kier molecular flexibility index (Phi) is 7.67. The maximum atomic E-state index is 13.5. The van der Waals surface area contributed by atoms with E-state index in [-0.39, 0.29) is 13.0 Å². The first kappa shape index (κ1) is 24.2. The van der Waals surface area contributed by atoms with Gasteiger partial charge >= 0.3 is 5.97 Å². The number of aromatic nitrogens is 1. The molecule has 4 unspecified atom stereocenters. The second-order valence-electron chi connectivity index (χ2n) is 8.19. The number of carboxylic acids is 1. The quantitative estimate of drug-likeness (QED) is 0.281. The zero-order valence-electron chi connectivity index (χ0n) is 18.3. The molecule has 1 aromatic carbocycles. The number of aromatic amines is 1. The number of carboxylic acid groups (broad SMARTS) is 1. The number of aliphatic hydroxyl groups is 1. The molecule has 33 heavy (non-hydrogen) atoms. The number of likely N-dealkylation sites (tertiary alicyclic amines) is 1. The number of carbonyl (C=O) groups excluding carboxylic acids is 3. The van der Waals surface area contributed by atoms with Crippen molar-refractivity contribution in [1.82, 2.24) is 20.5 Å². The number of benzene rings is 1. The van der Waals surface area contributed by atoms with Crippen molar-refractivity contribution in [3.8, 4) is 0 Å². The number of H-pyrrole nitrogens is 1. The molecule has 2 aromatic rings. The molecule has 2 heterocycles. The zero-order valence-corrected chi connectivity index (χ0v) is 18.3. The van der Waals surface area contributed by atoms with E-state index in [2.05, 4.69) is 15.6 Å². The molecule has 4 atom stereocenters. The van der Waals surface area contributed by atoms with Gasteiger partial charge in [-0.05, 0) is 31.4 Å². The first-order valence-electron chi connectivity index (χ1n) is 10.8. The lowest BCUT2D eigenvalue weighted by molar-refractivity contribution is -0.145. The number of hydrogen-bond donors (Lipinski definition) is 6. The summed E-state index contributed by atoms with van der Waals surface area (Å²) < 4.78 is 0. The van der Waals surface area contributed by atoms with E-state index in [1.807, 2.05) is 24.3 Å². The van der Waals surface area contributed by atoms with Gasteiger partial charge < -0.3 is 36.5 Å². The van der Waals surface area contributed by atoms with Crippen LogP contribution in [0.15, 0.2) is 30.5 Å². The van der Waals surface area contributed by atoms with Gasteiger partial charge in [-0.2, -0.15) is 0 Å². The van der Waals surface area contributed by atoms with Gasteiger partial charge in [0.25, 0.3) is 0 Å². The van der Waals surface area contributed by atoms with Crippen LogP contribution in [0.2, 0.25) is 0 Å². The minimum absolute atomic E-state index is 0.181. The predicted octanol–water partition coefficient (Wildman–Crippen LogP) is -0.905. The minimum atomic E-state index is -1.46. The van der Waals surface area contributed by atoms with Crippen molar-refractivity contribution in [3.63, 3.8) is 0 Å². The van der Waals surface area contributed by atoms with Crippen molar-refractivity contribution < 1.29 is 29.4 Å². The van der Waals surface area contributed by atoms with Crippen molar-refractivity contribution in [2.45, 2.75) is 50.4 Å². The van der Waals surface area contributed by atoms with Crippen molar-refractivity contribution in [2.75, 3.05) is 13.2 Å². The molecule has 0 spiro atoms. The minimum Gasteiger partial charge on any atom is -0.480 e. The maximum Gasteiger partial charge on any atom is 0.328 e. The first-order valence-corrected chi connectivity index (χ1v) is 10.8. The molecule has 0 aliphatic carbocycles. The molecule has 11 nitrogen and oxygen atoms in total. The van der Waals surface area contributed by atoms with E-state index in [1.165, 1.54) is 11.8 Å². The second kappa shape index (κ2) is 10.5. The Morgan fingerprint density at radius 3 is 2.61 bits per heavy atom. The lowest BCUT2D eigenvalue weighted by Gasteiger charge is -2.29. The Balaban J connectivity index is 1.83. The van der Waals surface area contributed by atoms with Crippen LogP contribution in [0, 0.1) is 0 Å². The summed E-state index contributed by atoms with van der Waals surface area (Å²) in [5, 5.41) is 24.2. The summed E-state index contributed by atoms with van der Waals surface area (Å²) in [6, 6.07) is 3.40. The van der Waals surface area contributed by atoms with E-state index in [4.69, 9.17) is 10.8 Å². The summed E-state index contributed by atoms with van der Waals surface area (Å²) >= 11 is 0. The highest BCUT2D eigenvalue weighted by Gasteiger charge is 2.39. The standard InChI is InChI=1S/C22H29N5O6/c1-12(23)19(29)25-16(9-13-10-24-15-6-3-2-5-14(13)15)21(31)27-8-4-7-18(27)20(30)26-17(11-28)22(32)33/h2-3,5-6,10,12,16-18,24,28H,4,7-9,11,23H2,1H3,(H,25,29)(H,26,30)(H,32,33). The third-order valence-electron chi connectivity index (χ3n) is 5.76. The monoisotopic (exact) mass is 459 g/mol. The van der Waals surface area contributed by atoms with Crippen molar-refractivity contribution >= 4 is 34.6 Å². The van der Waals surface area contributed by atoms with Gasteiger partial charge in [0.05, 0.1) is 12.6 Å². The maximum absolute atomic E-state index is 13.5. The summed E-state index contributed by atoms with van der Waals surface area (Å²) in [5.41, 5.74) is 7.40. The van der Waals surface area contributed by atoms with Gasteiger partial charge in [-0.15, -0.1) is 0 Å². The molecule has 3 amide bonds. The Bertz CT molecular complexity index is 1040. The molecule has 1 aliphatic rings.